The monoisotopic (exact) mass is 568 g/mol. The van der Waals surface area contributed by atoms with Gasteiger partial charge in [-0.25, -0.2) is 13.4 Å². The maximum atomic E-state index is 12.4. The smallest absolute Gasteiger partial charge is 0.404 e. The highest BCUT2D eigenvalue weighted by atomic mass is 32.2. The third-order valence-electron chi connectivity index (χ3n) is 5.95. The van der Waals surface area contributed by atoms with Crippen LogP contribution >= 0.6 is 0 Å². The topological polar surface area (TPSA) is 102 Å². The Hall–Kier alpha value is -3.21. The summed E-state index contributed by atoms with van der Waals surface area (Å²) >= 11 is 0. The van der Waals surface area contributed by atoms with Crippen LogP contribution in [0.3, 0.4) is 0 Å². The van der Waals surface area contributed by atoms with Gasteiger partial charge >= 0.3 is 6.18 Å². The van der Waals surface area contributed by atoms with E-state index in [0.29, 0.717) is 29.5 Å². The summed E-state index contributed by atoms with van der Waals surface area (Å²) in [5.41, 5.74) is 2.47. The maximum Gasteiger partial charge on any atom is 0.404 e. The third-order valence-corrected chi connectivity index (χ3v) is 7.21. The fraction of sp³-hybridized carbons (Fsp3) is 0.464. The Balaban J connectivity index is 1.72. The summed E-state index contributed by atoms with van der Waals surface area (Å²) in [6.45, 7) is 14.2. The highest BCUT2D eigenvalue weighted by molar-refractivity contribution is 7.92. The number of halogens is 3. The first-order valence-electron chi connectivity index (χ1n) is 12.4. The van der Waals surface area contributed by atoms with Crippen LogP contribution < -0.4 is 9.46 Å². The molecule has 2 N–H and O–H groups in total. The van der Waals surface area contributed by atoms with Gasteiger partial charge in [-0.05, 0) is 54.2 Å². The van der Waals surface area contributed by atoms with Crippen molar-refractivity contribution in [1.82, 2.24) is 4.98 Å². The lowest BCUT2D eigenvalue weighted by Crippen LogP contribution is -2.27. The van der Waals surface area contributed by atoms with Crippen LogP contribution in [0.4, 0.5) is 18.9 Å². The third kappa shape index (κ3) is 8.14. The van der Waals surface area contributed by atoms with Crippen molar-refractivity contribution in [2.75, 3.05) is 17.1 Å². The number of rotatable bonds is 8. The number of oxazole rings is 1. The molecule has 0 fully saturated rings. The van der Waals surface area contributed by atoms with Crippen LogP contribution in [0.1, 0.15) is 64.1 Å². The highest BCUT2D eigenvalue weighted by Crippen LogP contribution is 2.42. The normalized spacial score (nSPS) is 13.0. The van der Waals surface area contributed by atoms with E-state index in [2.05, 4.69) is 4.98 Å². The molecule has 0 spiro atoms. The molecule has 2 aromatic carbocycles. The Morgan fingerprint density at radius 2 is 1.51 bits per heavy atom. The predicted molar refractivity (Wildman–Crippen MR) is 145 cm³/mol. The molecule has 214 valence electrons. The number of nitrogens with zero attached hydrogens (tertiary/aromatic N) is 1. The lowest BCUT2D eigenvalue weighted by molar-refractivity contribution is -0.106. The van der Waals surface area contributed by atoms with Crippen LogP contribution in [-0.4, -0.2) is 37.0 Å². The van der Waals surface area contributed by atoms with Gasteiger partial charge < -0.3 is 14.3 Å². The second-order valence-corrected chi connectivity index (χ2v) is 13.3. The van der Waals surface area contributed by atoms with Crippen molar-refractivity contribution in [3.63, 3.8) is 0 Å². The van der Waals surface area contributed by atoms with Crippen LogP contribution in [0.2, 0.25) is 0 Å². The van der Waals surface area contributed by atoms with Gasteiger partial charge in [0.15, 0.2) is 5.75 Å². The summed E-state index contributed by atoms with van der Waals surface area (Å²) in [4.78, 5) is 4.67. The number of benzene rings is 2. The van der Waals surface area contributed by atoms with Gasteiger partial charge in [-0.3, -0.25) is 4.72 Å². The molecule has 0 atom stereocenters. The van der Waals surface area contributed by atoms with E-state index in [0.717, 1.165) is 16.7 Å². The number of hydrogen-bond acceptors (Lipinski definition) is 6. The van der Waals surface area contributed by atoms with Gasteiger partial charge in [-0.1, -0.05) is 41.5 Å². The summed E-state index contributed by atoms with van der Waals surface area (Å²) in [6.07, 6.45) is -4.41. The standard InChI is InChI=1S/C28H35F3N2O5S/c1-17-23(12-13-37-20-10-8-19(9-11-20)33-39(35,36)16-28(29,30)31)32-25(38-17)18-14-21(26(2,3)4)24(34)22(15-18)27(5,6)7/h8-11,14-15,33-34H,12-13,16H2,1-7H3. The molecular weight excluding hydrogens is 533 g/mol. The van der Waals surface area contributed by atoms with Gasteiger partial charge in [0.25, 0.3) is 0 Å². The average molecular weight is 569 g/mol. The number of phenolic OH excluding ortho intramolecular Hbond substituents is 1. The van der Waals surface area contributed by atoms with Crippen LogP contribution in [0, 0.1) is 6.92 Å². The van der Waals surface area contributed by atoms with Crippen molar-refractivity contribution in [2.24, 2.45) is 0 Å². The van der Waals surface area contributed by atoms with E-state index in [9.17, 15) is 26.7 Å². The number of aryl methyl sites for hydroxylation is 1. The van der Waals surface area contributed by atoms with Gasteiger partial charge in [0.1, 0.15) is 17.3 Å². The molecule has 39 heavy (non-hydrogen) atoms. The van der Waals surface area contributed by atoms with E-state index in [1.165, 1.54) is 24.3 Å². The molecule has 0 amide bonds. The predicted octanol–water partition coefficient (Wildman–Crippen LogP) is 6.88. The molecule has 1 aromatic heterocycles. The molecule has 0 aliphatic carbocycles. The van der Waals surface area contributed by atoms with E-state index < -0.39 is 22.0 Å². The van der Waals surface area contributed by atoms with E-state index >= 15 is 0 Å². The van der Waals surface area contributed by atoms with E-state index in [-0.39, 0.29) is 28.9 Å². The van der Waals surface area contributed by atoms with Crippen LogP contribution in [-0.2, 0) is 27.3 Å². The molecule has 0 bridgehead atoms. The first-order valence-corrected chi connectivity index (χ1v) is 14.1. The number of anilines is 1. The van der Waals surface area contributed by atoms with Crippen molar-refractivity contribution < 1.29 is 35.8 Å². The lowest BCUT2D eigenvalue weighted by Gasteiger charge is -2.27. The Bertz CT molecular complexity index is 1380. The number of nitrogens with one attached hydrogen (secondary N) is 1. The number of aromatic nitrogens is 1. The Morgan fingerprint density at radius 1 is 0.974 bits per heavy atom. The molecular formula is C28H35F3N2O5S. The second-order valence-electron chi connectivity index (χ2n) is 11.5. The van der Waals surface area contributed by atoms with Crippen molar-refractivity contribution >= 4 is 15.7 Å². The van der Waals surface area contributed by atoms with Crippen molar-refractivity contribution in [3.8, 4) is 23.0 Å². The van der Waals surface area contributed by atoms with Crippen LogP contribution in [0.15, 0.2) is 40.8 Å². The fourth-order valence-electron chi connectivity index (χ4n) is 4.00. The number of phenols is 1. The number of ether oxygens (including phenoxy) is 1. The number of sulfonamides is 1. The molecule has 0 aliphatic rings. The summed E-state index contributed by atoms with van der Waals surface area (Å²) in [7, 11) is -4.56. The Labute approximate surface area is 227 Å². The minimum Gasteiger partial charge on any atom is -0.507 e. The number of hydrogen-bond donors (Lipinski definition) is 2. The number of alkyl halides is 3. The van der Waals surface area contributed by atoms with Crippen molar-refractivity contribution in [2.45, 2.75) is 71.9 Å². The maximum absolute atomic E-state index is 12.4. The SMILES string of the molecule is Cc1oc(-c2cc(C(C)(C)C)c(O)c(C(C)(C)C)c2)nc1CCOc1ccc(NS(=O)(=O)CC(F)(F)F)cc1. The highest BCUT2D eigenvalue weighted by Gasteiger charge is 2.35. The summed E-state index contributed by atoms with van der Waals surface area (Å²) in [6, 6.07) is 9.39. The first kappa shape index (κ1) is 30.3. The molecule has 1 heterocycles. The van der Waals surface area contributed by atoms with Gasteiger partial charge in [0, 0.05) is 28.8 Å². The largest absolute Gasteiger partial charge is 0.507 e. The second kappa shape index (κ2) is 10.7. The summed E-state index contributed by atoms with van der Waals surface area (Å²) < 4.78 is 74.1. The molecule has 3 aromatic rings. The molecule has 0 radical (unpaired) electrons. The Kier molecular flexibility index (Phi) is 8.36. The van der Waals surface area contributed by atoms with E-state index in [1.54, 1.807) is 0 Å². The molecule has 11 heteroatoms. The quantitative estimate of drug-likeness (QED) is 0.307. The first-order chi connectivity index (χ1) is 17.7. The molecule has 7 nitrogen and oxygen atoms in total. The zero-order chi connectivity index (χ0) is 29.4. The van der Waals surface area contributed by atoms with Gasteiger partial charge in [0.2, 0.25) is 15.9 Å². The zero-order valence-electron chi connectivity index (χ0n) is 23.2. The average Bonchev–Trinajstić information content (AvgIpc) is 3.12. The minimum absolute atomic E-state index is 0.00161. The van der Waals surface area contributed by atoms with Gasteiger partial charge in [-0.2, -0.15) is 13.2 Å². The molecule has 0 saturated heterocycles. The summed E-state index contributed by atoms with van der Waals surface area (Å²) in [5.74, 6) is -0.205. The van der Waals surface area contributed by atoms with Gasteiger partial charge in [0.05, 0.1) is 12.3 Å². The Morgan fingerprint density at radius 3 is 2.00 bits per heavy atom. The lowest BCUT2D eigenvalue weighted by atomic mass is 9.78. The molecule has 3 rings (SSSR count). The minimum atomic E-state index is -4.83. The van der Waals surface area contributed by atoms with Crippen molar-refractivity contribution in [3.05, 3.63) is 59.0 Å². The van der Waals surface area contributed by atoms with Crippen LogP contribution in [0.5, 0.6) is 11.5 Å². The molecule has 0 unspecified atom stereocenters. The summed E-state index contributed by atoms with van der Waals surface area (Å²) in [5, 5.41) is 11.0. The zero-order valence-corrected chi connectivity index (χ0v) is 24.0. The van der Waals surface area contributed by atoms with Crippen molar-refractivity contribution in [1.29, 1.82) is 0 Å². The fourth-order valence-corrected chi connectivity index (χ4v) is 5.00. The molecule has 0 saturated carbocycles. The van der Waals surface area contributed by atoms with E-state index in [4.69, 9.17) is 9.15 Å². The van der Waals surface area contributed by atoms with E-state index in [1.807, 2.05) is 65.3 Å². The molecule has 0 aliphatic heterocycles. The van der Waals surface area contributed by atoms with Gasteiger partial charge in [-0.15, -0.1) is 0 Å². The van der Waals surface area contributed by atoms with Crippen LogP contribution in [0.25, 0.3) is 11.5 Å². The number of aromatic hydroxyl groups is 1.